The summed E-state index contributed by atoms with van der Waals surface area (Å²) in [5, 5.41) is 15.8. The molecule has 9 aromatic carbocycles. The van der Waals surface area contributed by atoms with E-state index >= 15 is 0 Å². The zero-order valence-electron chi connectivity index (χ0n) is 36.6. The van der Waals surface area contributed by atoms with Crippen LogP contribution in [-0.4, -0.2) is 55.3 Å². The van der Waals surface area contributed by atoms with Gasteiger partial charge < -0.3 is 9.67 Å². The third kappa shape index (κ3) is 7.40. The van der Waals surface area contributed by atoms with Gasteiger partial charge in [-0.1, -0.05) is 181 Å². The quantitative estimate of drug-likeness (QED) is 0.0736. The number of aromatic nitrogens is 2. The number of fused-ring (bicyclic) bond motifs is 7. The van der Waals surface area contributed by atoms with Crippen LogP contribution >= 0.6 is 22.6 Å². The number of phenols is 1. The molecule has 2 aromatic heterocycles. The van der Waals surface area contributed by atoms with Crippen molar-refractivity contribution >= 4 is 135 Å². The Morgan fingerprint density at radius 1 is 0.456 bits per heavy atom. The topological polar surface area (TPSA) is 54.8 Å². The first-order valence-corrected chi connectivity index (χ1v) is 23.1. The molecule has 5 nitrogen and oxygen atoms in total. The van der Waals surface area contributed by atoms with E-state index in [-0.39, 0.29) is 27.6 Å². The zero-order chi connectivity index (χ0) is 46.6. The minimum atomic E-state index is -0.233. The maximum Gasteiger partial charge on any atom is 0.178 e. The summed E-state index contributed by atoms with van der Waals surface area (Å²) >= 11 is 2.36. The summed E-state index contributed by atoms with van der Waals surface area (Å²) in [6.07, 6.45) is 0. The van der Waals surface area contributed by atoms with Gasteiger partial charge >= 0.3 is 0 Å². The first kappa shape index (κ1) is 43.0. The second-order valence-electron chi connectivity index (χ2n) is 16.6. The van der Waals surface area contributed by atoms with Gasteiger partial charge in [0.05, 0.1) is 27.8 Å². The van der Waals surface area contributed by atoms with Crippen molar-refractivity contribution in [2.45, 2.75) is 0 Å². The van der Waals surface area contributed by atoms with Crippen LogP contribution in [-0.2, 0) is 0 Å². The van der Waals surface area contributed by atoms with Crippen LogP contribution in [0, 0.1) is 0 Å². The fourth-order valence-electron chi connectivity index (χ4n) is 9.31. The summed E-state index contributed by atoms with van der Waals surface area (Å²) < 4.78 is 5.19. The Hall–Kier alpha value is -7.55. The van der Waals surface area contributed by atoms with Crippen molar-refractivity contribution in [3.8, 4) is 44.8 Å². The molecule has 0 fully saturated rings. The predicted octanol–water partition coefficient (Wildman–Crippen LogP) is 10.5. The second-order valence-corrected chi connectivity index (χ2v) is 17.6. The van der Waals surface area contributed by atoms with Crippen LogP contribution < -0.4 is 21.9 Å². The Balaban J connectivity index is 1.20. The van der Waals surface area contributed by atoms with E-state index < -0.39 is 0 Å². The molecule has 0 atom stereocenters. The van der Waals surface area contributed by atoms with E-state index in [9.17, 15) is 5.11 Å². The van der Waals surface area contributed by atoms with Crippen LogP contribution in [0.25, 0.3) is 88.4 Å². The number of halogens is 1. The number of benzene rings is 9. The summed E-state index contributed by atoms with van der Waals surface area (Å²) in [7, 11) is 25.8. The molecule has 11 rings (SSSR count). The summed E-state index contributed by atoms with van der Waals surface area (Å²) in [5.41, 5.74) is 12.2. The van der Waals surface area contributed by atoms with E-state index in [2.05, 4.69) is 147 Å². The molecule has 0 aliphatic heterocycles. The van der Waals surface area contributed by atoms with E-state index in [1.54, 1.807) is 0 Å². The highest BCUT2D eigenvalue weighted by Gasteiger charge is 2.24. The maximum atomic E-state index is 11.6. The zero-order valence-corrected chi connectivity index (χ0v) is 38.8. The van der Waals surface area contributed by atoms with Gasteiger partial charge in [0, 0.05) is 61.0 Å². The Labute approximate surface area is 413 Å². The van der Waals surface area contributed by atoms with Gasteiger partial charge in [0.25, 0.3) is 0 Å². The highest BCUT2D eigenvalue weighted by Crippen LogP contribution is 2.42. The van der Waals surface area contributed by atoms with Crippen molar-refractivity contribution < 1.29 is 5.11 Å². The average molecular weight is 974 g/mol. The average Bonchev–Trinajstić information content (AvgIpc) is 3.91. The number of para-hydroxylation sites is 2. The molecule has 11 aromatic rings. The van der Waals surface area contributed by atoms with Gasteiger partial charge in [0.2, 0.25) is 0 Å². The third-order valence-corrected chi connectivity index (χ3v) is 13.4. The number of hydrogen-bond donors (Lipinski definition) is 1. The van der Waals surface area contributed by atoms with E-state index in [1.165, 1.54) is 0 Å². The van der Waals surface area contributed by atoms with E-state index in [4.69, 9.17) is 41.4 Å². The molecule has 0 spiro atoms. The highest BCUT2D eigenvalue weighted by atomic mass is 127. The predicted molar refractivity (Wildman–Crippen MR) is 299 cm³/mol. The first-order chi connectivity index (χ1) is 33.2. The fraction of sp³-hybridized carbons (Fsp3) is 0. The van der Waals surface area contributed by atoms with Gasteiger partial charge in [-0.3, -0.25) is 4.57 Å². The normalized spacial score (nSPS) is 12.1. The summed E-state index contributed by atoms with van der Waals surface area (Å²) in [6, 6.07) is 66.1. The largest absolute Gasteiger partial charge is 0.508 e. The van der Waals surface area contributed by atoms with Crippen molar-refractivity contribution in [2.24, 2.45) is 9.98 Å². The molecule has 2 heterocycles. The lowest BCUT2D eigenvalue weighted by Gasteiger charge is -2.21. The van der Waals surface area contributed by atoms with Crippen molar-refractivity contribution in [2.75, 3.05) is 0 Å². The van der Waals surface area contributed by atoms with Crippen LogP contribution in [0.5, 0.6) is 5.75 Å². The van der Waals surface area contributed by atoms with E-state index in [0.29, 0.717) is 26.5 Å². The van der Waals surface area contributed by atoms with Gasteiger partial charge in [-0.05, 0) is 63.7 Å². The van der Waals surface area contributed by atoms with Crippen LogP contribution in [0.2, 0.25) is 0 Å². The monoisotopic (exact) mass is 974 g/mol. The maximum absolute atomic E-state index is 11.6. The molecule has 68 heavy (non-hydrogen) atoms. The molecule has 10 heteroatoms. The molecule has 0 bridgehead atoms. The number of phenolic OH excluding ortho intramolecular Hbond substituents is 1. The molecule has 312 valence electrons. The Morgan fingerprint density at radius 3 is 1.63 bits per heavy atom. The van der Waals surface area contributed by atoms with E-state index in [0.717, 1.165) is 82.7 Å². The minimum absolute atomic E-state index is 0.0299. The molecular weight excluding hydrogens is 939 g/mol. The van der Waals surface area contributed by atoms with Crippen molar-refractivity contribution in [3.05, 3.63) is 212 Å². The number of amidine groups is 1. The lowest BCUT2D eigenvalue weighted by atomic mass is 9.64. The molecule has 0 amide bonds. The molecule has 1 N–H and O–H groups in total. The van der Waals surface area contributed by atoms with Crippen LogP contribution in [0.15, 0.2) is 211 Å². The van der Waals surface area contributed by atoms with Gasteiger partial charge in [0.15, 0.2) is 9.68 Å². The van der Waals surface area contributed by atoms with Crippen LogP contribution in [0.1, 0.15) is 11.1 Å². The standard InChI is InChI=1S/C58H35B4IN4O/c1-34(35-15-5-2-6-16-35)64-57(39-27-25-38(26-28-39)36-17-7-3-8-18-36)65-58(63)67-48-24-14-12-22-44(48)46-30-29-45-43-21-11-13-23-47(43)66(54(45)55(46)67)42-32-40(37-19-9-4-10-20-37)31-41(33-42)49-50(59)51(60)52(61)53(62)56(49)68/h2-33,68H,1H2. The number of hydrogen-bond acceptors (Lipinski definition) is 2. The van der Waals surface area contributed by atoms with Gasteiger partial charge in [-0.2, -0.15) is 0 Å². The Bertz CT molecular complexity index is 3830. The van der Waals surface area contributed by atoms with Crippen LogP contribution in [0.4, 0.5) is 0 Å². The summed E-state index contributed by atoms with van der Waals surface area (Å²) in [4.78, 5) is 10.6. The van der Waals surface area contributed by atoms with E-state index in [1.807, 2.05) is 84.9 Å². The van der Waals surface area contributed by atoms with Crippen molar-refractivity contribution in [1.29, 1.82) is 0 Å². The molecule has 8 radical (unpaired) electrons. The van der Waals surface area contributed by atoms with Crippen molar-refractivity contribution in [3.63, 3.8) is 0 Å². The smallest absolute Gasteiger partial charge is 0.178 e. The molecule has 0 saturated carbocycles. The van der Waals surface area contributed by atoms with Gasteiger partial charge in [0.1, 0.15) is 37.1 Å². The fourth-order valence-corrected chi connectivity index (χ4v) is 10.0. The number of nitrogens with zero attached hydrogens (tertiary/aromatic N) is 4. The Morgan fingerprint density at radius 2 is 0.971 bits per heavy atom. The van der Waals surface area contributed by atoms with Gasteiger partial charge in [-0.25, -0.2) is 9.98 Å². The molecule has 0 unspecified atom stereocenters. The number of aromatic hydroxyl groups is 1. The number of rotatable bonds is 7. The molecule has 0 aliphatic rings. The molecular formula is C58H35B4IN4O. The van der Waals surface area contributed by atoms with Gasteiger partial charge in [-0.15, -0.1) is 10.9 Å². The summed E-state index contributed by atoms with van der Waals surface area (Å²) in [6.45, 7) is 4.41. The van der Waals surface area contributed by atoms with Crippen LogP contribution in [0.3, 0.4) is 0 Å². The SMILES string of the molecule is [B]c1c([B])c([B])c(-c2cc(-c3ccccc3)cc(-n3c4ccccc4c4ccc5c6ccccc6n(C(I)=NC(=NC(=C)c6ccccc6)c6ccc(-c7ccccc7)cc6)c5c43)c2)c(O)c1[B]. The molecule has 0 saturated heterocycles. The lowest BCUT2D eigenvalue weighted by molar-refractivity contribution is 0.482. The Kier molecular flexibility index (Phi) is 11.1. The number of aliphatic imine (C=N–C) groups is 2. The summed E-state index contributed by atoms with van der Waals surface area (Å²) in [5.74, 6) is 0.282. The lowest BCUT2D eigenvalue weighted by Crippen LogP contribution is -2.48. The second kappa shape index (κ2) is 17.6. The first-order valence-electron chi connectivity index (χ1n) is 22.0. The minimum Gasteiger partial charge on any atom is -0.508 e. The van der Waals surface area contributed by atoms with Crippen molar-refractivity contribution in [1.82, 2.24) is 9.13 Å². The third-order valence-electron chi connectivity index (χ3n) is 12.7. The highest BCUT2D eigenvalue weighted by molar-refractivity contribution is 14.1. The molecule has 0 aliphatic carbocycles.